The van der Waals surface area contributed by atoms with Gasteiger partial charge in [0, 0.05) is 22.4 Å². The number of carbonyl (C=O) groups excluding carboxylic acids is 2. The van der Waals surface area contributed by atoms with E-state index in [-0.39, 0.29) is 11.7 Å². The summed E-state index contributed by atoms with van der Waals surface area (Å²) in [6.07, 6.45) is 1.32. The molecule has 0 aliphatic rings. The van der Waals surface area contributed by atoms with E-state index < -0.39 is 5.91 Å². The molecule has 0 saturated heterocycles. The summed E-state index contributed by atoms with van der Waals surface area (Å²) in [6, 6.07) is 18.7. The molecular formula is C23H21N3O4. The highest BCUT2D eigenvalue weighted by atomic mass is 16.5. The maximum absolute atomic E-state index is 12.4. The summed E-state index contributed by atoms with van der Waals surface area (Å²) >= 11 is 0. The number of hydrogen-bond donors (Lipinski definition) is 3. The van der Waals surface area contributed by atoms with Crippen LogP contribution in [0, 0.1) is 6.92 Å². The molecule has 0 radical (unpaired) electrons. The van der Waals surface area contributed by atoms with Crippen molar-refractivity contribution in [1.29, 1.82) is 0 Å². The molecule has 3 N–H and O–H groups in total. The molecule has 0 bridgehead atoms. The second kappa shape index (κ2) is 9.38. The van der Waals surface area contributed by atoms with Gasteiger partial charge in [-0.2, -0.15) is 5.10 Å². The molecule has 0 spiro atoms. The van der Waals surface area contributed by atoms with Crippen LogP contribution in [0.2, 0.25) is 0 Å². The molecule has 0 fully saturated rings. The van der Waals surface area contributed by atoms with Crippen LogP contribution in [-0.2, 0) is 0 Å². The number of rotatable bonds is 6. The number of phenolic OH excluding ortho intramolecular Hbond substituents is 1. The van der Waals surface area contributed by atoms with Crippen LogP contribution in [0.1, 0.15) is 31.8 Å². The third-order valence-corrected chi connectivity index (χ3v) is 4.32. The van der Waals surface area contributed by atoms with Gasteiger partial charge in [0.15, 0.2) is 11.5 Å². The first-order valence-electron chi connectivity index (χ1n) is 9.15. The molecule has 7 heteroatoms. The van der Waals surface area contributed by atoms with Crippen molar-refractivity contribution in [2.45, 2.75) is 6.92 Å². The van der Waals surface area contributed by atoms with Crippen molar-refractivity contribution in [2.75, 3.05) is 12.4 Å². The lowest BCUT2D eigenvalue weighted by Crippen LogP contribution is -2.18. The van der Waals surface area contributed by atoms with E-state index in [1.807, 2.05) is 19.1 Å². The highest BCUT2D eigenvalue weighted by molar-refractivity contribution is 6.05. The van der Waals surface area contributed by atoms with Gasteiger partial charge in [0.25, 0.3) is 11.8 Å². The molecule has 3 aromatic rings. The van der Waals surface area contributed by atoms with Gasteiger partial charge in [0.05, 0.1) is 13.3 Å². The van der Waals surface area contributed by atoms with Crippen LogP contribution in [-0.4, -0.2) is 30.2 Å². The van der Waals surface area contributed by atoms with E-state index >= 15 is 0 Å². The molecule has 0 aliphatic heterocycles. The molecule has 3 aromatic carbocycles. The summed E-state index contributed by atoms with van der Waals surface area (Å²) in [4.78, 5) is 24.7. The zero-order valence-electron chi connectivity index (χ0n) is 16.5. The number of hydrogen-bond acceptors (Lipinski definition) is 5. The van der Waals surface area contributed by atoms with Gasteiger partial charge in [-0.15, -0.1) is 0 Å². The smallest absolute Gasteiger partial charge is 0.271 e. The topological polar surface area (TPSA) is 100 Å². The lowest BCUT2D eigenvalue weighted by atomic mass is 10.1. The standard InChI is InChI=1S/C23H21N3O4/c1-15-9-11-16(12-10-15)22(28)25-19-7-3-5-17(13-19)23(29)26-24-14-18-6-4-8-20(30-2)21(18)27/h3-14,27H,1-2H3,(H,25,28)(H,26,29)/b24-14+. The van der Waals surface area contributed by atoms with Crippen LogP contribution in [0.25, 0.3) is 0 Å². The zero-order valence-corrected chi connectivity index (χ0v) is 16.5. The summed E-state index contributed by atoms with van der Waals surface area (Å²) in [5.74, 6) is -0.486. The summed E-state index contributed by atoms with van der Waals surface area (Å²) in [5, 5.41) is 16.7. The van der Waals surface area contributed by atoms with Gasteiger partial charge in [-0.1, -0.05) is 29.8 Å². The molecule has 3 rings (SSSR count). The third kappa shape index (κ3) is 5.02. The Morgan fingerprint density at radius 2 is 1.70 bits per heavy atom. The van der Waals surface area contributed by atoms with Gasteiger partial charge in [0.1, 0.15) is 0 Å². The van der Waals surface area contributed by atoms with E-state index in [4.69, 9.17) is 4.74 Å². The quantitative estimate of drug-likeness (QED) is 0.431. The largest absolute Gasteiger partial charge is 0.504 e. The first-order chi connectivity index (χ1) is 14.5. The van der Waals surface area contributed by atoms with Crippen molar-refractivity contribution in [1.82, 2.24) is 5.43 Å². The van der Waals surface area contributed by atoms with Crippen molar-refractivity contribution >= 4 is 23.7 Å². The van der Waals surface area contributed by atoms with E-state index in [2.05, 4.69) is 15.8 Å². The zero-order chi connectivity index (χ0) is 21.5. The van der Waals surface area contributed by atoms with Crippen LogP contribution >= 0.6 is 0 Å². The second-order valence-electron chi connectivity index (χ2n) is 6.50. The Kier molecular flexibility index (Phi) is 6.44. The third-order valence-electron chi connectivity index (χ3n) is 4.32. The Morgan fingerprint density at radius 3 is 2.43 bits per heavy atom. The summed E-state index contributed by atoms with van der Waals surface area (Å²) < 4.78 is 5.03. The van der Waals surface area contributed by atoms with Gasteiger partial charge >= 0.3 is 0 Å². The van der Waals surface area contributed by atoms with Crippen molar-refractivity contribution < 1.29 is 19.4 Å². The summed E-state index contributed by atoms with van der Waals surface area (Å²) in [5.41, 5.74) is 5.19. The van der Waals surface area contributed by atoms with E-state index in [0.29, 0.717) is 28.1 Å². The Hall–Kier alpha value is -4.13. The SMILES string of the molecule is COc1cccc(/C=N/NC(=O)c2cccc(NC(=O)c3ccc(C)cc3)c2)c1O. The van der Waals surface area contributed by atoms with Crippen LogP contribution in [0.15, 0.2) is 71.8 Å². The first-order valence-corrected chi connectivity index (χ1v) is 9.15. The monoisotopic (exact) mass is 403 g/mol. The van der Waals surface area contributed by atoms with Crippen LogP contribution < -0.4 is 15.5 Å². The molecular weight excluding hydrogens is 382 g/mol. The first kappa shape index (κ1) is 20.6. The van der Waals surface area contributed by atoms with E-state index in [0.717, 1.165) is 5.56 Å². The maximum atomic E-state index is 12.4. The Morgan fingerprint density at radius 1 is 0.967 bits per heavy atom. The lowest BCUT2D eigenvalue weighted by Gasteiger charge is -2.07. The fraction of sp³-hybridized carbons (Fsp3) is 0.0870. The highest BCUT2D eigenvalue weighted by Crippen LogP contribution is 2.27. The predicted molar refractivity (Wildman–Crippen MR) is 115 cm³/mol. The number of ether oxygens (including phenoxy) is 1. The number of benzene rings is 3. The number of methoxy groups -OCH3 is 1. The van der Waals surface area contributed by atoms with Crippen molar-refractivity contribution in [3.05, 3.63) is 89.0 Å². The van der Waals surface area contributed by atoms with Gasteiger partial charge in [-0.05, 0) is 49.4 Å². The normalized spacial score (nSPS) is 10.6. The Bertz CT molecular complexity index is 1090. The number of nitrogens with zero attached hydrogens (tertiary/aromatic N) is 1. The number of anilines is 1. The molecule has 0 saturated carbocycles. The maximum Gasteiger partial charge on any atom is 0.271 e. The second-order valence-corrected chi connectivity index (χ2v) is 6.50. The predicted octanol–water partition coefficient (Wildman–Crippen LogP) is 3.73. The Balaban J connectivity index is 1.66. The van der Waals surface area contributed by atoms with Crippen LogP contribution in [0.3, 0.4) is 0 Å². The minimum absolute atomic E-state index is 0.0705. The molecule has 2 amide bonds. The summed E-state index contributed by atoms with van der Waals surface area (Å²) in [6.45, 7) is 1.95. The molecule has 0 heterocycles. The fourth-order valence-electron chi connectivity index (χ4n) is 2.68. The molecule has 0 aliphatic carbocycles. The molecule has 0 aromatic heterocycles. The van der Waals surface area contributed by atoms with Gasteiger partial charge in [-0.25, -0.2) is 5.43 Å². The number of nitrogens with one attached hydrogen (secondary N) is 2. The number of hydrazone groups is 1. The fourth-order valence-corrected chi connectivity index (χ4v) is 2.68. The van der Waals surface area contributed by atoms with Crippen molar-refractivity contribution in [2.24, 2.45) is 5.10 Å². The van der Waals surface area contributed by atoms with Gasteiger partial charge in [-0.3, -0.25) is 9.59 Å². The van der Waals surface area contributed by atoms with E-state index in [1.54, 1.807) is 54.6 Å². The number of amides is 2. The average molecular weight is 403 g/mol. The van der Waals surface area contributed by atoms with Crippen molar-refractivity contribution in [3.63, 3.8) is 0 Å². The minimum Gasteiger partial charge on any atom is -0.504 e. The van der Waals surface area contributed by atoms with Crippen LogP contribution in [0.4, 0.5) is 5.69 Å². The molecule has 152 valence electrons. The van der Waals surface area contributed by atoms with Gasteiger partial charge < -0.3 is 15.2 Å². The average Bonchev–Trinajstić information content (AvgIpc) is 2.75. The molecule has 0 unspecified atom stereocenters. The minimum atomic E-state index is -0.458. The molecule has 30 heavy (non-hydrogen) atoms. The van der Waals surface area contributed by atoms with Gasteiger partial charge in [0.2, 0.25) is 0 Å². The molecule has 7 nitrogen and oxygen atoms in total. The molecule has 0 atom stereocenters. The van der Waals surface area contributed by atoms with Crippen LogP contribution in [0.5, 0.6) is 11.5 Å². The Labute approximate surface area is 174 Å². The van der Waals surface area contributed by atoms with E-state index in [1.165, 1.54) is 13.3 Å². The number of para-hydroxylation sites is 1. The van der Waals surface area contributed by atoms with Crippen molar-refractivity contribution in [3.8, 4) is 11.5 Å². The highest BCUT2D eigenvalue weighted by Gasteiger charge is 2.09. The lowest BCUT2D eigenvalue weighted by molar-refractivity contribution is 0.0953. The number of phenols is 1. The number of carbonyl (C=O) groups is 2. The number of aryl methyl sites for hydroxylation is 1. The number of aromatic hydroxyl groups is 1. The summed E-state index contributed by atoms with van der Waals surface area (Å²) in [7, 11) is 1.45. The van der Waals surface area contributed by atoms with E-state index in [9.17, 15) is 14.7 Å².